The number of halogens is 1. The summed E-state index contributed by atoms with van der Waals surface area (Å²) >= 11 is 0. The number of rotatable bonds is 7. The van der Waals surface area contributed by atoms with Crippen LogP contribution in [0.3, 0.4) is 0 Å². The van der Waals surface area contributed by atoms with Crippen molar-refractivity contribution >= 4 is 34.5 Å². The first-order valence-corrected chi connectivity index (χ1v) is 10.9. The molecule has 4 N–H and O–H groups in total. The van der Waals surface area contributed by atoms with Crippen LogP contribution in [-0.2, 0) is 0 Å². The maximum atomic E-state index is 14.0. The number of hydrazone groups is 1. The highest BCUT2D eigenvalue weighted by Crippen LogP contribution is 2.35. The smallest absolute Gasteiger partial charge is 0.213 e. The first kappa shape index (κ1) is 21.5. The summed E-state index contributed by atoms with van der Waals surface area (Å²) in [5.74, 6) is 6.18. The molecule has 0 spiro atoms. The fourth-order valence-electron chi connectivity index (χ4n) is 3.67. The Bertz CT molecular complexity index is 1390. The Morgan fingerprint density at radius 1 is 1.21 bits per heavy atom. The van der Waals surface area contributed by atoms with Crippen molar-refractivity contribution in [1.82, 2.24) is 19.5 Å². The summed E-state index contributed by atoms with van der Waals surface area (Å²) in [7, 11) is 0. The number of aliphatic imine (C=N–C) groups is 1. The molecule has 0 aliphatic heterocycles. The van der Waals surface area contributed by atoms with Gasteiger partial charge in [-0.1, -0.05) is 12.1 Å². The Morgan fingerprint density at radius 3 is 2.74 bits per heavy atom. The summed E-state index contributed by atoms with van der Waals surface area (Å²) in [5, 5.41) is 4.58. The van der Waals surface area contributed by atoms with E-state index < -0.39 is 5.82 Å². The molecule has 172 valence electrons. The third-order valence-corrected chi connectivity index (χ3v) is 5.68. The summed E-state index contributed by atoms with van der Waals surface area (Å²) < 4.78 is 21.6. The summed E-state index contributed by atoms with van der Waals surface area (Å²) in [4.78, 5) is 17.3. The van der Waals surface area contributed by atoms with Crippen molar-refractivity contribution in [2.75, 3.05) is 5.73 Å². The lowest BCUT2D eigenvalue weighted by Gasteiger charge is -2.14. The molecule has 9 nitrogen and oxygen atoms in total. The molecule has 1 aromatic carbocycles. The molecule has 0 radical (unpaired) electrons. The first-order valence-electron chi connectivity index (χ1n) is 10.9. The van der Waals surface area contributed by atoms with Gasteiger partial charge in [0, 0.05) is 29.6 Å². The minimum absolute atomic E-state index is 0.194. The van der Waals surface area contributed by atoms with Crippen molar-refractivity contribution in [2.45, 2.75) is 31.9 Å². The fourth-order valence-corrected chi connectivity index (χ4v) is 3.67. The van der Waals surface area contributed by atoms with Crippen molar-refractivity contribution in [3.63, 3.8) is 0 Å². The second-order valence-electron chi connectivity index (χ2n) is 8.05. The number of aromatic nitrogens is 4. The standard InChI is InChI=1S/C24H23FN8O/c1-14(20(32-27)11-28-19-5-3-2-4-18(19)25)33-12-17(22-23(26)30-13-31-24(22)33)15-6-9-21(29-10-15)34-16-7-8-16/h2-6,9-14,16H,7-8,27H2,1H3,(H2,26,30,31). The molecule has 0 amide bonds. The molecule has 1 fully saturated rings. The van der Waals surface area contributed by atoms with Gasteiger partial charge < -0.3 is 20.9 Å². The molecule has 3 heterocycles. The fraction of sp³-hybridized carbons (Fsp3) is 0.208. The van der Waals surface area contributed by atoms with E-state index in [1.807, 2.05) is 29.8 Å². The lowest BCUT2D eigenvalue weighted by atomic mass is 10.1. The van der Waals surface area contributed by atoms with Crippen molar-refractivity contribution in [3.8, 4) is 17.0 Å². The molecular weight excluding hydrogens is 435 g/mol. The zero-order chi connectivity index (χ0) is 23.7. The molecule has 1 saturated carbocycles. The highest BCUT2D eigenvalue weighted by Gasteiger charge is 2.24. The molecule has 1 unspecified atom stereocenters. The van der Waals surface area contributed by atoms with Crippen molar-refractivity contribution < 1.29 is 9.13 Å². The molecular formula is C24H23FN8O. The number of fused-ring (bicyclic) bond motifs is 1. The average Bonchev–Trinajstić information content (AvgIpc) is 3.57. The second-order valence-corrected chi connectivity index (χ2v) is 8.05. The van der Waals surface area contributed by atoms with E-state index in [2.05, 4.69) is 25.0 Å². The van der Waals surface area contributed by atoms with E-state index in [0.717, 1.165) is 24.0 Å². The number of anilines is 1. The summed E-state index contributed by atoms with van der Waals surface area (Å²) in [6, 6.07) is 9.62. The molecule has 0 bridgehead atoms. The van der Waals surface area contributed by atoms with Gasteiger partial charge in [0.25, 0.3) is 0 Å². The molecule has 1 atom stereocenters. The van der Waals surface area contributed by atoms with Crippen molar-refractivity contribution in [1.29, 1.82) is 0 Å². The number of hydrogen-bond donors (Lipinski definition) is 2. The highest BCUT2D eigenvalue weighted by molar-refractivity contribution is 6.32. The summed E-state index contributed by atoms with van der Waals surface area (Å²) in [6.45, 7) is 1.89. The average molecular weight is 459 g/mol. The number of ether oxygens (including phenoxy) is 1. The lowest BCUT2D eigenvalue weighted by Crippen LogP contribution is -2.19. The van der Waals surface area contributed by atoms with Crippen LogP contribution in [0.15, 0.2) is 65.2 Å². The van der Waals surface area contributed by atoms with Gasteiger partial charge in [0.1, 0.15) is 35.4 Å². The van der Waals surface area contributed by atoms with Crippen molar-refractivity contribution in [3.05, 3.63) is 60.9 Å². The van der Waals surface area contributed by atoms with Crippen molar-refractivity contribution in [2.24, 2.45) is 15.9 Å². The normalized spacial score (nSPS) is 15.2. The molecule has 1 aliphatic carbocycles. The minimum Gasteiger partial charge on any atom is -0.474 e. The van der Waals surface area contributed by atoms with E-state index in [-0.39, 0.29) is 17.8 Å². The van der Waals surface area contributed by atoms with Crippen LogP contribution >= 0.6 is 0 Å². The van der Waals surface area contributed by atoms with Gasteiger partial charge in [0.05, 0.1) is 23.3 Å². The highest BCUT2D eigenvalue weighted by atomic mass is 19.1. The SMILES string of the molecule is CC(C(C=Nc1ccccc1F)=NN)n1cc(-c2ccc(OC3CC3)nc2)c2c(N)ncnc21. The number of nitrogen functional groups attached to an aromatic ring is 1. The number of nitrogens with two attached hydrogens (primary N) is 2. The Kier molecular flexibility index (Phi) is 5.62. The second kappa shape index (κ2) is 8.89. The third-order valence-electron chi connectivity index (χ3n) is 5.68. The van der Waals surface area contributed by atoms with Gasteiger partial charge in [-0.25, -0.2) is 19.3 Å². The Morgan fingerprint density at radius 2 is 2.03 bits per heavy atom. The van der Waals surface area contributed by atoms with Crippen LogP contribution in [0.25, 0.3) is 22.2 Å². The maximum absolute atomic E-state index is 14.0. The summed E-state index contributed by atoms with van der Waals surface area (Å²) in [6.07, 6.45) is 8.89. The van der Waals surface area contributed by atoms with Gasteiger partial charge in [-0.2, -0.15) is 5.10 Å². The quantitative estimate of drug-likeness (QED) is 0.244. The monoisotopic (exact) mass is 458 g/mol. The third kappa shape index (κ3) is 4.17. The van der Waals surface area contributed by atoms with E-state index in [4.69, 9.17) is 16.3 Å². The van der Waals surface area contributed by atoms with E-state index in [9.17, 15) is 4.39 Å². The lowest BCUT2D eigenvalue weighted by molar-refractivity contribution is 0.291. The molecule has 0 saturated heterocycles. The zero-order valence-corrected chi connectivity index (χ0v) is 18.5. The van der Waals surface area contributed by atoms with Crippen LogP contribution in [0.2, 0.25) is 0 Å². The van der Waals surface area contributed by atoms with E-state index >= 15 is 0 Å². The number of pyridine rings is 1. The van der Waals surface area contributed by atoms with Gasteiger partial charge in [-0.3, -0.25) is 4.99 Å². The van der Waals surface area contributed by atoms with Gasteiger partial charge in [-0.05, 0) is 38.0 Å². The Labute approximate surface area is 195 Å². The van der Waals surface area contributed by atoms with Crippen LogP contribution in [0.4, 0.5) is 15.9 Å². The number of benzene rings is 1. The van der Waals surface area contributed by atoms with E-state index in [1.54, 1.807) is 24.4 Å². The molecule has 1 aliphatic rings. The van der Waals surface area contributed by atoms with Gasteiger partial charge in [0.2, 0.25) is 5.88 Å². The summed E-state index contributed by atoms with van der Waals surface area (Å²) in [5.41, 5.74) is 9.12. The number of hydrogen-bond acceptors (Lipinski definition) is 8. The zero-order valence-electron chi connectivity index (χ0n) is 18.5. The Hall–Kier alpha value is -4.34. The molecule has 5 rings (SSSR count). The predicted octanol–water partition coefficient (Wildman–Crippen LogP) is 4.03. The molecule has 4 aromatic rings. The van der Waals surface area contributed by atoms with E-state index in [1.165, 1.54) is 18.6 Å². The van der Waals surface area contributed by atoms with Crippen LogP contribution < -0.4 is 16.3 Å². The largest absolute Gasteiger partial charge is 0.474 e. The van der Waals surface area contributed by atoms with Gasteiger partial charge in [-0.15, -0.1) is 0 Å². The minimum atomic E-state index is -0.432. The van der Waals surface area contributed by atoms with Crippen LogP contribution in [0.1, 0.15) is 25.8 Å². The Balaban J connectivity index is 1.52. The van der Waals surface area contributed by atoms with Gasteiger partial charge >= 0.3 is 0 Å². The maximum Gasteiger partial charge on any atom is 0.213 e. The van der Waals surface area contributed by atoms with Crippen LogP contribution in [0, 0.1) is 5.82 Å². The molecule has 3 aromatic heterocycles. The molecule has 10 heteroatoms. The number of nitrogens with zero attached hydrogens (tertiary/aromatic N) is 6. The molecule has 34 heavy (non-hydrogen) atoms. The number of para-hydroxylation sites is 1. The van der Waals surface area contributed by atoms with Crippen LogP contribution in [0.5, 0.6) is 5.88 Å². The topological polar surface area (TPSA) is 130 Å². The predicted molar refractivity (Wildman–Crippen MR) is 130 cm³/mol. The first-order chi connectivity index (χ1) is 16.5. The van der Waals surface area contributed by atoms with Crippen LogP contribution in [-0.4, -0.2) is 37.5 Å². The van der Waals surface area contributed by atoms with Gasteiger partial charge in [0.15, 0.2) is 0 Å². The van der Waals surface area contributed by atoms with E-state index in [0.29, 0.717) is 28.4 Å².